The Balaban J connectivity index is 1.74. The van der Waals surface area contributed by atoms with Gasteiger partial charge < -0.3 is 20.0 Å². The molecule has 1 fully saturated rings. The first-order chi connectivity index (χ1) is 13.9. The third kappa shape index (κ3) is 4.40. The predicted molar refractivity (Wildman–Crippen MR) is 109 cm³/mol. The van der Waals surface area contributed by atoms with E-state index in [1.807, 2.05) is 18.2 Å². The molecule has 0 spiro atoms. The van der Waals surface area contributed by atoms with Crippen LogP contribution in [0, 0.1) is 0 Å². The van der Waals surface area contributed by atoms with Gasteiger partial charge in [0.05, 0.1) is 24.5 Å². The van der Waals surface area contributed by atoms with Crippen LogP contribution in [0.5, 0.6) is 5.75 Å². The van der Waals surface area contributed by atoms with Gasteiger partial charge in [-0.05, 0) is 29.8 Å². The molecule has 2 amide bonds. The van der Waals surface area contributed by atoms with Gasteiger partial charge in [-0.1, -0.05) is 36.0 Å². The van der Waals surface area contributed by atoms with Crippen LogP contribution in [0.25, 0.3) is 0 Å². The highest BCUT2D eigenvalue weighted by Crippen LogP contribution is 2.32. The number of hydrogen-bond donors (Lipinski definition) is 1. The first-order valence-electron chi connectivity index (χ1n) is 8.66. The number of imide groups is 1. The topological polar surface area (TPSA) is 111 Å². The van der Waals surface area contributed by atoms with Crippen molar-refractivity contribution in [3.8, 4) is 5.75 Å². The van der Waals surface area contributed by atoms with Gasteiger partial charge in [0.2, 0.25) is 11.8 Å². The van der Waals surface area contributed by atoms with E-state index in [2.05, 4.69) is 10.3 Å². The molecule has 0 radical (unpaired) electrons. The minimum Gasteiger partial charge on any atom is -0.545 e. The van der Waals surface area contributed by atoms with Crippen LogP contribution < -0.4 is 20.1 Å². The van der Waals surface area contributed by atoms with Crippen LogP contribution in [0.1, 0.15) is 16.8 Å². The molecule has 0 bridgehead atoms. The Morgan fingerprint density at radius 3 is 2.52 bits per heavy atom. The van der Waals surface area contributed by atoms with Gasteiger partial charge in [0.25, 0.3) is 0 Å². The molecule has 0 aliphatic carbocycles. The molecule has 1 heterocycles. The molecule has 9 heteroatoms. The highest BCUT2D eigenvalue weighted by atomic mass is 32.2. The number of aliphatic imine (C=N–C) groups is 1. The summed E-state index contributed by atoms with van der Waals surface area (Å²) in [5.41, 5.74) is 0.982. The highest BCUT2D eigenvalue weighted by molar-refractivity contribution is 8.15. The maximum atomic E-state index is 12.8. The number of rotatable bonds is 5. The van der Waals surface area contributed by atoms with Gasteiger partial charge in [-0.15, -0.1) is 0 Å². The average molecular weight is 412 g/mol. The third-order valence-corrected chi connectivity index (χ3v) is 5.43. The van der Waals surface area contributed by atoms with Crippen molar-refractivity contribution in [3.05, 3.63) is 54.1 Å². The number of carboxylic acid groups (broad SMARTS) is 1. The minimum atomic E-state index is -1.32. The molecule has 0 unspecified atom stereocenters. The molecule has 29 heavy (non-hydrogen) atoms. The molecule has 2 aromatic carbocycles. The van der Waals surface area contributed by atoms with Gasteiger partial charge in [0.1, 0.15) is 11.0 Å². The second-order valence-corrected chi connectivity index (χ2v) is 7.26. The Bertz CT molecular complexity index is 974. The third-order valence-electron chi connectivity index (χ3n) is 4.27. The number of carboxylic acids is 1. The smallest absolute Gasteiger partial charge is 0.247 e. The van der Waals surface area contributed by atoms with Gasteiger partial charge in [-0.25, -0.2) is 4.90 Å². The minimum absolute atomic E-state index is 0.0123. The van der Waals surface area contributed by atoms with Crippen molar-refractivity contribution < 1.29 is 24.2 Å². The Labute approximate surface area is 171 Å². The number of aromatic carboxylic acids is 1. The fourth-order valence-electron chi connectivity index (χ4n) is 2.85. The standard InChI is InChI=1S/C20H19N3O5S/c1-21-20(22-14-5-3-4-6-15(14)28-2)29-16-11-17(24)23(18(16)25)13-9-7-12(8-10-13)19(26)27/h3-10,16H,11H2,1-2H3,(H,21,22)(H,26,27)/p-1/t16-/m0/s1. The van der Waals surface area contributed by atoms with Crippen LogP contribution in [-0.4, -0.2) is 42.4 Å². The van der Waals surface area contributed by atoms with Crippen LogP contribution in [0.3, 0.4) is 0 Å². The molecular formula is C20H18N3O5S-. The number of carbonyl (C=O) groups excluding carboxylic acids is 3. The number of amides is 2. The van der Waals surface area contributed by atoms with E-state index >= 15 is 0 Å². The summed E-state index contributed by atoms with van der Waals surface area (Å²) < 4.78 is 5.30. The van der Waals surface area contributed by atoms with Crippen molar-refractivity contribution in [1.82, 2.24) is 0 Å². The number of methoxy groups -OCH3 is 1. The zero-order valence-electron chi connectivity index (χ0n) is 15.7. The number of hydrogen-bond acceptors (Lipinski definition) is 7. The molecule has 1 N–H and O–H groups in total. The normalized spacial score (nSPS) is 16.8. The highest BCUT2D eigenvalue weighted by Gasteiger charge is 2.40. The molecule has 150 valence electrons. The van der Waals surface area contributed by atoms with E-state index < -0.39 is 11.2 Å². The van der Waals surface area contributed by atoms with E-state index in [9.17, 15) is 19.5 Å². The number of para-hydroxylation sites is 2. The van der Waals surface area contributed by atoms with E-state index in [1.54, 1.807) is 20.2 Å². The summed E-state index contributed by atoms with van der Waals surface area (Å²) in [5, 5.41) is 13.8. The van der Waals surface area contributed by atoms with E-state index in [4.69, 9.17) is 4.74 Å². The summed E-state index contributed by atoms with van der Waals surface area (Å²) >= 11 is 1.15. The second kappa shape index (κ2) is 8.78. The number of benzene rings is 2. The number of anilines is 2. The Hall–Kier alpha value is -3.33. The van der Waals surface area contributed by atoms with Gasteiger partial charge in [-0.3, -0.25) is 14.6 Å². The molecule has 3 rings (SSSR count). The lowest BCUT2D eigenvalue weighted by Gasteiger charge is -2.17. The Morgan fingerprint density at radius 2 is 1.90 bits per heavy atom. The maximum Gasteiger partial charge on any atom is 0.247 e. The molecular weight excluding hydrogens is 394 g/mol. The van der Waals surface area contributed by atoms with E-state index in [-0.39, 0.29) is 23.8 Å². The summed E-state index contributed by atoms with van der Waals surface area (Å²) in [6, 6.07) is 12.7. The zero-order chi connectivity index (χ0) is 21.0. The van der Waals surface area contributed by atoms with Crippen molar-refractivity contribution in [3.63, 3.8) is 0 Å². The summed E-state index contributed by atoms with van der Waals surface area (Å²) in [6.07, 6.45) is 0.0123. The number of ether oxygens (including phenoxy) is 1. The fourth-order valence-corrected chi connectivity index (χ4v) is 3.83. The number of nitrogens with zero attached hydrogens (tertiary/aromatic N) is 2. The van der Waals surface area contributed by atoms with E-state index in [1.165, 1.54) is 24.3 Å². The zero-order valence-corrected chi connectivity index (χ0v) is 16.6. The molecule has 8 nitrogen and oxygen atoms in total. The first-order valence-corrected chi connectivity index (χ1v) is 9.54. The SMILES string of the molecule is CN=C(Nc1ccccc1OC)S[C@H]1CC(=O)N(c2ccc(C(=O)[O-])cc2)C1=O. The van der Waals surface area contributed by atoms with Crippen LogP contribution in [0.15, 0.2) is 53.5 Å². The summed E-state index contributed by atoms with van der Waals surface area (Å²) in [5.74, 6) is -1.45. The largest absolute Gasteiger partial charge is 0.545 e. The van der Waals surface area contributed by atoms with Crippen molar-refractivity contribution in [2.24, 2.45) is 4.99 Å². The molecule has 2 aromatic rings. The molecule has 0 aromatic heterocycles. The summed E-state index contributed by atoms with van der Waals surface area (Å²) in [7, 11) is 3.14. The summed E-state index contributed by atoms with van der Waals surface area (Å²) in [6.45, 7) is 0. The molecule has 1 aliphatic heterocycles. The molecule has 0 saturated carbocycles. The predicted octanol–water partition coefficient (Wildman–Crippen LogP) is 1.52. The van der Waals surface area contributed by atoms with Crippen LogP contribution in [0.4, 0.5) is 11.4 Å². The Kier molecular flexibility index (Phi) is 6.18. The lowest BCUT2D eigenvalue weighted by atomic mass is 10.2. The van der Waals surface area contributed by atoms with Crippen molar-refractivity contribution in [2.75, 3.05) is 24.4 Å². The molecule has 1 aliphatic rings. The average Bonchev–Trinajstić information content (AvgIpc) is 3.00. The maximum absolute atomic E-state index is 12.8. The van der Waals surface area contributed by atoms with Gasteiger partial charge in [-0.2, -0.15) is 0 Å². The van der Waals surface area contributed by atoms with Crippen molar-refractivity contribution >= 4 is 46.1 Å². The monoisotopic (exact) mass is 412 g/mol. The fraction of sp³-hybridized carbons (Fsp3) is 0.200. The lowest BCUT2D eigenvalue weighted by Crippen LogP contribution is -2.32. The number of thioether (sulfide) groups is 1. The quantitative estimate of drug-likeness (QED) is 0.450. The van der Waals surface area contributed by atoms with Gasteiger partial charge in [0.15, 0.2) is 5.17 Å². The lowest BCUT2D eigenvalue weighted by molar-refractivity contribution is -0.255. The second-order valence-electron chi connectivity index (χ2n) is 6.07. The Morgan fingerprint density at radius 1 is 1.21 bits per heavy atom. The van der Waals surface area contributed by atoms with Gasteiger partial charge >= 0.3 is 0 Å². The van der Waals surface area contributed by atoms with Crippen LogP contribution in [0.2, 0.25) is 0 Å². The van der Waals surface area contributed by atoms with Crippen LogP contribution >= 0.6 is 11.8 Å². The number of carbonyl (C=O) groups is 3. The van der Waals surface area contributed by atoms with Crippen molar-refractivity contribution in [2.45, 2.75) is 11.7 Å². The van der Waals surface area contributed by atoms with Crippen LogP contribution in [-0.2, 0) is 9.59 Å². The molecule has 1 saturated heterocycles. The van der Waals surface area contributed by atoms with Crippen molar-refractivity contribution in [1.29, 1.82) is 0 Å². The van der Waals surface area contributed by atoms with Gasteiger partial charge in [0, 0.05) is 13.5 Å². The first kappa shape index (κ1) is 20.4. The molecule has 1 atom stereocenters. The van der Waals surface area contributed by atoms with E-state index in [0.29, 0.717) is 22.3 Å². The summed E-state index contributed by atoms with van der Waals surface area (Å²) in [4.78, 5) is 41.3. The van der Waals surface area contributed by atoms with E-state index in [0.717, 1.165) is 16.7 Å². The number of amidine groups is 1. The number of nitrogens with one attached hydrogen (secondary N) is 1.